The van der Waals surface area contributed by atoms with Gasteiger partial charge in [-0.2, -0.15) is 4.31 Å². The van der Waals surface area contributed by atoms with Crippen LogP contribution in [0.15, 0.2) is 38.5 Å². The number of rotatable bonds is 3. The zero-order valence-corrected chi connectivity index (χ0v) is 16.8. The van der Waals surface area contributed by atoms with E-state index in [0.717, 1.165) is 0 Å². The molecule has 2 aliphatic heterocycles. The van der Waals surface area contributed by atoms with Gasteiger partial charge in [-0.15, -0.1) is 0 Å². The topological polar surface area (TPSA) is 102 Å². The van der Waals surface area contributed by atoms with E-state index < -0.39 is 21.2 Å². The number of fused-ring (bicyclic) bond motifs is 1. The summed E-state index contributed by atoms with van der Waals surface area (Å²) in [6.45, 7) is 2.55. The summed E-state index contributed by atoms with van der Waals surface area (Å²) in [5.41, 5.74) is -0.155. The number of aromatic nitrogens is 1. The van der Waals surface area contributed by atoms with Crippen LogP contribution in [-0.2, 0) is 21.4 Å². The van der Waals surface area contributed by atoms with Gasteiger partial charge in [0.1, 0.15) is 4.90 Å². The number of piperidine rings is 1. The highest BCUT2D eigenvalue weighted by Crippen LogP contribution is 2.39. The minimum atomic E-state index is -3.97. The third kappa shape index (κ3) is 2.89. The van der Waals surface area contributed by atoms with Crippen molar-refractivity contribution in [3.8, 4) is 0 Å². The normalized spacial score (nSPS) is 23.4. The molecule has 0 saturated carbocycles. The van der Waals surface area contributed by atoms with E-state index in [-0.39, 0.29) is 28.0 Å². The summed E-state index contributed by atoms with van der Waals surface area (Å²) < 4.78 is 34.5. The Labute approximate surface area is 166 Å². The van der Waals surface area contributed by atoms with Crippen LogP contribution in [0.4, 0.5) is 0 Å². The maximum atomic E-state index is 13.3. The number of allylic oxidation sites excluding steroid dienone is 1. The first-order chi connectivity index (χ1) is 13.3. The standard InChI is InChI=1S/C18H20ClN3O5S/c1-2-22-13-9-12(19)15(10-14(13)27-17(22)24)28(25,26)21-8-4-6-18(11-21)5-3-7-20-16(18)23/h3,7,9-10H,2,4-6,8,11H2,1H3,(H,20,23). The minimum absolute atomic E-state index is 0.0168. The summed E-state index contributed by atoms with van der Waals surface area (Å²) in [6.07, 6.45) is 5.12. The molecule has 0 aliphatic carbocycles. The molecular formula is C18H20ClN3O5S. The summed E-state index contributed by atoms with van der Waals surface area (Å²) in [6, 6.07) is 2.73. The highest BCUT2D eigenvalue weighted by molar-refractivity contribution is 7.89. The third-order valence-corrected chi connectivity index (χ3v) is 7.83. The van der Waals surface area contributed by atoms with Crippen LogP contribution in [0, 0.1) is 5.41 Å². The largest absolute Gasteiger partial charge is 0.419 e. The van der Waals surface area contributed by atoms with Gasteiger partial charge in [-0.05, 0) is 38.5 Å². The van der Waals surface area contributed by atoms with Gasteiger partial charge in [-0.1, -0.05) is 17.7 Å². The first kappa shape index (κ1) is 19.2. The van der Waals surface area contributed by atoms with Gasteiger partial charge in [0.25, 0.3) is 0 Å². The molecule has 1 amide bonds. The van der Waals surface area contributed by atoms with Crippen molar-refractivity contribution in [2.75, 3.05) is 13.1 Å². The number of benzene rings is 1. The van der Waals surface area contributed by atoms with Crippen LogP contribution in [0.2, 0.25) is 5.02 Å². The van der Waals surface area contributed by atoms with Gasteiger partial charge in [0.2, 0.25) is 15.9 Å². The molecule has 8 nitrogen and oxygen atoms in total. The predicted octanol–water partition coefficient (Wildman–Crippen LogP) is 2.07. The Morgan fingerprint density at radius 1 is 1.32 bits per heavy atom. The number of hydrogen-bond acceptors (Lipinski definition) is 5. The molecule has 4 rings (SSSR count). The van der Waals surface area contributed by atoms with E-state index in [9.17, 15) is 18.0 Å². The van der Waals surface area contributed by atoms with Crippen molar-refractivity contribution in [1.82, 2.24) is 14.2 Å². The number of halogens is 1. The average molecular weight is 426 g/mol. The van der Waals surface area contributed by atoms with Crippen LogP contribution in [0.1, 0.15) is 26.2 Å². The molecule has 1 N–H and O–H groups in total. The molecule has 1 aromatic carbocycles. The van der Waals surface area contributed by atoms with Crippen LogP contribution >= 0.6 is 11.6 Å². The van der Waals surface area contributed by atoms with E-state index in [1.54, 1.807) is 13.1 Å². The van der Waals surface area contributed by atoms with Crippen LogP contribution in [0.3, 0.4) is 0 Å². The van der Waals surface area contributed by atoms with Crippen molar-refractivity contribution in [3.05, 3.63) is 40.0 Å². The second-order valence-corrected chi connectivity index (χ2v) is 9.48. The van der Waals surface area contributed by atoms with Gasteiger partial charge in [0, 0.05) is 25.7 Å². The number of carbonyl (C=O) groups is 1. The zero-order valence-electron chi connectivity index (χ0n) is 15.3. The number of carbonyl (C=O) groups excluding carboxylic acids is 1. The number of amides is 1. The quantitative estimate of drug-likeness (QED) is 0.811. The van der Waals surface area contributed by atoms with E-state index in [4.69, 9.17) is 16.0 Å². The lowest BCUT2D eigenvalue weighted by Gasteiger charge is -2.41. The molecule has 1 fully saturated rings. The second kappa shape index (κ2) is 6.75. The van der Waals surface area contributed by atoms with Gasteiger partial charge < -0.3 is 9.73 Å². The molecule has 3 heterocycles. The predicted molar refractivity (Wildman–Crippen MR) is 103 cm³/mol. The maximum absolute atomic E-state index is 13.3. The van der Waals surface area contributed by atoms with Crippen molar-refractivity contribution in [2.45, 2.75) is 37.6 Å². The molecule has 10 heteroatoms. The van der Waals surface area contributed by atoms with Gasteiger partial charge >= 0.3 is 5.76 Å². The summed E-state index contributed by atoms with van der Waals surface area (Å²) >= 11 is 6.30. The molecule has 0 radical (unpaired) electrons. The Kier molecular flexibility index (Phi) is 4.64. The van der Waals surface area contributed by atoms with E-state index in [0.29, 0.717) is 37.9 Å². The first-order valence-corrected chi connectivity index (χ1v) is 10.9. The molecule has 1 saturated heterocycles. The van der Waals surface area contributed by atoms with E-state index in [1.165, 1.54) is 21.0 Å². The van der Waals surface area contributed by atoms with Gasteiger partial charge in [-0.25, -0.2) is 13.2 Å². The first-order valence-electron chi connectivity index (χ1n) is 9.07. The lowest BCUT2D eigenvalue weighted by Crippen LogP contribution is -2.53. The second-order valence-electron chi connectivity index (χ2n) is 7.17. The minimum Gasteiger partial charge on any atom is -0.408 e. The van der Waals surface area contributed by atoms with Crippen molar-refractivity contribution in [2.24, 2.45) is 5.41 Å². The molecule has 1 aromatic heterocycles. The molecule has 1 atom stereocenters. The zero-order chi connectivity index (χ0) is 20.1. The fourth-order valence-electron chi connectivity index (χ4n) is 4.01. The Morgan fingerprint density at radius 3 is 2.82 bits per heavy atom. The number of hydrogen-bond donors (Lipinski definition) is 1. The van der Waals surface area contributed by atoms with Crippen LogP contribution in [0.25, 0.3) is 11.1 Å². The Hall–Kier alpha value is -2.10. The number of nitrogens with one attached hydrogen (secondary N) is 1. The van der Waals surface area contributed by atoms with E-state index >= 15 is 0 Å². The van der Waals surface area contributed by atoms with Crippen molar-refractivity contribution in [3.63, 3.8) is 0 Å². The molecule has 0 bridgehead atoms. The van der Waals surface area contributed by atoms with Crippen molar-refractivity contribution < 1.29 is 17.6 Å². The molecule has 1 unspecified atom stereocenters. The van der Waals surface area contributed by atoms with E-state index in [2.05, 4.69) is 5.32 Å². The lowest BCUT2D eigenvalue weighted by molar-refractivity contribution is -0.132. The fraction of sp³-hybridized carbons (Fsp3) is 0.444. The fourth-order valence-corrected chi connectivity index (χ4v) is 6.09. The summed E-state index contributed by atoms with van der Waals surface area (Å²) in [7, 11) is -3.97. The lowest BCUT2D eigenvalue weighted by atomic mass is 9.76. The monoisotopic (exact) mass is 425 g/mol. The molecule has 2 aromatic rings. The number of aryl methyl sites for hydroxylation is 1. The Bertz CT molecular complexity index is 1150. The third-order valence-electron chi connectivity index (χ3n) is 5.52. The Balaban J connectivity index is 1.76. The van der Waals surface area contributed by atoms with Crippen LogP contribution in [-0.4, -0.2) is 36.3 Å². The van der Waals surface area contributed by atoms with E-state index in [1.807, 2.05) is 6.08 Å². The highest BCUT2D eigenvalue weighted by Gasteiger charge is 2.45. The van der Waals surface area contributed by atoms with Crippen molar-refractivity contribution in [1.29, 1.82) is 0 Å². The summed E-state index contributed by atoms with van der Waals surface area (Å²) in [5.74, 6) is -0.729. The van der Waals surface area contributed by atoms with Crippen LogP contribution in [0.5, 0.6) is 0 Å². The molecule has 28 heavy (non-hydrogen) atoms. The SMILES string of the molecule is CCn1c(=O)oc2cc(S(=O)(=O)N3CCCC4(CC=CNC4=O)C3)c(Cl)cc21. The highest BCUT2D eigenvalue weighted by atomic mass is 35.5. The number of nitrogens with zero attached hydrogens (tertiary/aromatic N) is 2. The smallest absolute Gasteiger partial charge is 0.408 e. The van der Waals surface area contributed by atoms with Crippen LogP contribution < -0.4 is 11.1 Å². The summed E-state index contributed by atoms with van der Waals surface area (Å²) in [5, 5.41) is 2.70. The van der Waals surface area contributed by atoms with Crippen molar-refractivity contribution >= 4 is 38.6 Å². The molecular weight excluding hydrogens is 406 g/mol. The van der Waals surface area contributed by atoms with Gasteiger partial charge in [0.15, 0.2) is 5.58 Å². The number of sulfonamides is 1. The Morgan fingerprint density at radius 2 is 2.11 bits per heavy atom. The molecule has 2 aliphatic rings. The number of oxazole rings is 1. The molecule has 1 spiro atoms. The summed E-state index contributed by atoms with van der Waals surface area (Å²) in [4.78, 5) is 24.2. The average Bonchev–Trinajstić information content (AvgIpc) is 2.97. The van der Waals surface area contributed by atoms with Gasteiger partial charge in [-0.3, -0.25) is 9.36 Å². The van der Waals surface area contributed by atoms with Gasteiger partial charge in [0.05, 0.1) is 16.0 Å². The molecule has 150 valence electrons. The maximum Gasteiger partial charge on any atom is 0.419 e.